The first-order valence-corrected chi connectivity index (χ1v) is 10.4. The Labute approximate surface area is 176 Å². The minimum absolute atomic E-state index is 0.217. The summed E-state index contributed by atoms with van der Waals surface area (Å²) >= 11 is 0. The Balaban J connectivity index is 1.60. The second-order valence-electron chi connectivity index (χ2n) is 7.93. The van der Waals surface area contributed by atoms with Crippen LogP contribution in [0.2, 0.25) is 0 Å². The molecule has 5 heteroatoms. The summed E-state index contributed by atoms with van der Waals surface area (Å²) in [6.07, 6.45) is 6.35. The van der Waals surface area contributed by atoms with Gasteiger partial charge in [0, 0.05) is 6.07 Å². The first kappa shape index (κ1) is 22.0. The highest BCUT2D eigenvalue weighted by Crippen LogP contribution is 2.39. The van der Waals surface area contributed by atoms with Crippen LogP contribution in [0.5, 0.6) is 5.75 Å². The number of hydrogen-bond donors (Lipinski definition) is 0. The Morgan fingerprint density at radius 2 is 1.80 bits per heavy atom. The smallest absolute Gasteiger partial charge is 0.426 e. The second-order valence-corrected chi connectivity index (χ2v) is 7.93. The third-order valence-electron chi connectivity index (χ3n) is 5.89. The maximum atomic E-state index is 14.5. The summed E-state index contributed by atoms with van der Waals surface area (Å²) in [6, 6.07) is 11.0. The highest BCUT2D eigenvalue weighted by Gasteiger charge is 2.35. The van der Waals surface area contributed by atoms with E-state index >= 15 is 0 Å². The maximum Gasteiger partial charge on any atom is 0.426 e. The van der Waals surface area contributed by atoms with E-state index in [4.69, 9.17) is 10.00 Å². The lowest BCUT2D eigenvalue weighted by molar-refractivity contribution is -0.185. The number of hydrogen-bond acceptors (Lipinski definition) is 2. The molecule has 30 heavy (non-hydrogen) atoms. The van der Waals surface area contributed by atoms with Gasteiger partial charge in [-0.15, -0.1) is 6.58 Å². The van der Waals surface area contributed by atoms with Crippen LogP contribution in [-0.2, 0) is 6.11 Å². The standard InChI is InChI=1S/C25H26F3NO/c1-2-3-4-5-18-6-8-19(9-7-18)20-10-13-22(14-11-20)25(27,28)30-23-15-12-21(17-29)24(26)16-23/h2,10-16,18-19H,1,3-9H2/t18-,19-. The Morgan fingerprint density at radius 1 is 1.10 bits per heavy atom. The van der Waals surface area contributed by atoms with E-state index in [0.717, 1.165) is 48.9 Å². The number of nitrogens with zero attached hydrogens (tertiary/aromatic N) is 1. The fourth-order valence-corrected chi connectivity index (χ4v) is 4.14. The molecule has 0 saturated heterocycles. The highest BCUT2D eigenvalue weighted by molar-refractivity contribution is 5.37. The van der Waals surface area contributed by atoms with E-state index in [0.29, 0.717) is 5.92 Å². The van der Waals surface area contributed by atoms with Crippen LogP contribution in [-0.4, -0.2) is 0 Å². The van der Waals surface area contributed by atoms with Crippen molar-refractivity contribution in [1.82, 2.24) is 0 Å². The van der Waals surface area contributed by atoms with Gasteiger partial charge in [-0.1, -0.05) is 24.6 Å². The molecule has 2 nitrogen and oxygen atoms in total. The SMILES string of the molecule is C=CCCC[C@H]1CC[C@H](c2ccc(C(F)(F)Oc3ccc(C#N)c(F)c3)cc2)CC1. The van der Waals surface area contributed by atoms with E-state index in [1.54, 1.807) is 18.2 Å². The van der Waals surface area contributed by atoms with Gasteiger partial charge in [-0.3, -0.25) is 0 Å². The lowest BCUT2D eigenvalue weighted by Gasteiger charge is -2.29. The van der Waals surface area contributed by atoms with Crippen LogP contribution in [0.4, 0.5) is 13.2 Å². The zero-order valence-corrected chi connectivity index (χ0v) is 16.9. The van der Waals surface area contributed by atoms with Gasteiger partial charge in [-0.2, -0.15) is 14.0 Å². The van der Waals surface area contributed by atoms with E-state index in [2.05, 4.69) is 6.58 Å². The first-order chi connectivity index (χ1) is 14.4. The Hall–Kier alpha value is -2.74. The number of halogens is 3. The van der Waals surface area contributed by atoms with Gasteiger partial charge in [-0.05, 0) is 80.2 Å². The lowest BCUT2D eigenvalue weighted by Crippen LogP contribution is -2.22. The molecule has 3 rings (SSSR count). The van der Waals surface area contributed by atoms with Crippen LogP contribution in [0.1, 0.15) is 67.6 Å². The third-order valence-corrected chi connectivity index (χ3v) is 5.89. The lowest BCUT2D eigenvalue weighted by atomic mass is 9.77. The molecule has 0 heterocycles. The van der Waals surface area contributed by atoms with Crippen LogP contribution in [0.25, 0.3) is 0 Å². The van der Waals surface area contributed by atoms with Crippen LogP contribution in [0.3, 0.4) is 0 Å². The maximum absolute atomic E-state index is 14.5. The predicted octanol–water partition coefficient (Wildman–Crippen LogP) is 7.46. The fraction of sp³-hybridized carbons (Fsp3) is 0.400. The minimum Gasteiger partial charge on any atom is -0.429 e. The molecular formula is C25H26F3NO. The molecule has 0 spiro atoms. The number of ether oxygens (including phenoxy) is 1. The first-order valence-electron chi connectivity index (χ1n) is 10.4. The number of unbranched alkanes of at least 4 members (excludes halogenated alkanes) is 1. The average Bonchev–Trinajstić information content (AvgIpc) is 2.74. The summed E-state index contributed by atoms with van der Waals surface area (Å²) in [5.74, 6) is -0.0560. The van der Waals surface area contributed by atoms with Gasteiger partial charge >= 0.3 is 6.11 Å². The summed E-state index contributed by atoms with van der Waals surface area (Å²) in [6.45, 7) is 3.76. The number of nitriles is 1. The minimum atomic E-state index is -3.60. The Bertz CT molecular complexity index is 894. The van der Waals surface area contributed by atoms with Gasteiger partial charge in [-0.25, -0.2) is 4.39 Å². The van der Waals surface area contributed by atoms with E-state index < -0.39 is 11.9 Å². The van der Waals surface area contributed by atoms with Crippen molar-refractivity contribution in [2.24, 2.45) is 5.92 Å². The van der Waals surface area contributed by atoms with Crippen LogP contribution < -0.4 is 4.74 Å². The van der Waals surface area contributed by atoms with Crippen molar-refractivity contribution >= 4 is 0 Å². The summed E-state index contributed by atoms with van der Waals surface area (Å²) in [4.78, 5) is 0. The molecule has 0 aromatic heterocycles. The quantitative estimate of drug-likeness (QED) is 0.332. The average molecular weight is 413 g/mol. The summed E-state index contributed by atoms with van der Waals surface area (Å²) < 4.78 is 47.4. The topological polar surface area (TPSA) is 33.0 Å². The van der Waals surface area contributed by atoms with Gasteiger partial charge in [0.15, 0.2) is 0 Å². The molecular weight excluding hydrogens is 387 g/mol. The molecule has 2 aromatic carbocycles. The van der Waals surface area contributed by atoms with Crippen LogP contribution >= 0.6 is 0 Å². The molecule has 0 amide bonds. The van der Waals surface area contributed by atoms with E-state index in [-0.39, 0.29) is 16.9 Å². The number of rotatable bonds is 8. The second kappa shape index (κ2) is 9.84. The molecule has 2 aromatic rings. The molecule has 0 atom stereocenters. The van der Waals surface area contributed by atoms with Gasteiger partial charge in [0.1, 0.15) is 17.6 Å². The Kier molecular flexibility index (Phi) is 7.20. The number of allylic oxidation sites excluding steroid dienone is 1. The molecule has 0 aliphatic heterocycles. The van der Waals surface area contributed by atoms with Crippen molar-refractivity contribution in [3.63, 3.8) is 0 Å². The number of alkyl halides is 2. The summed E-state index contributed by atoms with van der Waals surface area (Å²) in [5, 5.41) is 8.73. The van der Waals surface area contributed by atoms with Gasteiger partial charge in [0.05, 0.1) is 11.1 Å². The van der Waals surface area contributed by atoms with Gasteiger partial charge in [0.2, 0.25) is 0 Å². The Morgan fingerprint density at radius 3 is 2.40 bits per heavy atom. The van der Waals surface area contributed by atoms with E-state index in [1.807, 2.05) is 6.08 Å². The van der Waals surface area contributed by atoms with E-state index in [1.165, 1.54) is 37.8 Å². The fourth-order valence-electron chi connectivity index (χ4n) is 4.14. The highest BCUT2D eigenvalue weighted by atomic mass is 19.3. The zero-order valence-electron chi connectivity index (χ0n) is 16.9. The largest absolute Gasteiger partial charge is 0.429 e. The molecule has 1 saturated carbocycles. The van der Waals surface area contributed by atoms with Crippen molar-refractivity contribution in [2.45, 2.75) is 57.0 Å². The van der Waals surface area contributed by atoms with Gasteiger partial charge < -0.3 is 4.74 Å². The van der Waals surface area contributed by atoms with Crippen molar-refractivity contribution in [2.75, 3.05) is 0 Å². The molecule has 0 N–H and O–H groups in total. The summed E-state index contributed by atoms with van der Waals surface area (Å²) in [7, 11) is 0. The van der Waals surface area contributed by atoms with Crippen molar-refractivity contribution in [1.29, 1.82) is 5.26 Å². The predicted molar refractivity (Wildman–Crippen MR) is 111 cm³/mol. The molecule has 158 valence electrons. The van der Waals surface area contributed by atoms with Crippen molar-refractivity contribution in [3.05, 3.63) is 77.6 Å². The van der Waals surface area contributed by atoms with Crippen LogP contribution in [0.15, 0.2) is 55.1 Å². The molecule has 1 aliphatic rings. The normalized spacial score (nSPS) is 19.1. The molecule has 0 radical (unpaired) electrons. The monoisotopic (exact) mass is 413 g/mol. The van der Waals surface area contributed by atoms with E-state index in [9.17, 15) is 13.2 Å². The molecule has 1 aliphatic carbocycles. The number of benzene rings is 2. The van der Waals surface area contributed by atoms with Gasteiger partial charge in [0.25, 0.3) is 0 Å². The van der Waals surface area contributed by atoms with Crippen molar-refractivity contribution < 1.29 is 17.9 Å². The zero-order chi connectivity index (χ0) is 21.6. The summed E-state index contributed by atoms with van der Waals surface area (Å²) in [5.41, 5.74) is 0.572. The molecule has 0 bridgehead atoms. The van der Waals surface area contributed by atoms with Crippen LogP contribution in [0, 0.1) is 23.1 Å². The molecule has 1 fully saturated rings. The van der Waals surface area contributed by atoms with Crippen molar-refractivity contribution in [3.8, 4) is 11.8 Å². The third kappa shape index (κ3) is 5.44. The molecule has 0 unspecified atom stereocenters.